The summed E-state index contributed by atoms with van der Waals surface area (Å²) in [7, 11) is 0. The molecule has 2 amide bonds. The number of aromatic nitrogens is 1. The highest BCUT2D eigenvalue weighted by molar-refractivity contribution is 7.99. The summed E-state index contributed by atoms with van der Waals surface area (Å²) in [6, 6.07) is 2.62. The zero-order chi connectivity index (χ0) is 17.7. The van der Waals surface area contributed by atoms with Gasteiger partial charge in [-0.25, -0.2) is 4.79 Å². The fourth-order valence-electron chi connectivity index (χ4n) is 3.57. The Morgan fingerprint density at radius 3 is 2.76 bits per heavy atom. The Labute approximate surface area is 147 Å². The van der Waals surface area contributed by atoms with Gasteiger partial charge in [0.05, 0.1) is 12.3 Å². The molecular formula is C16H15N3O5S. The number of rotatable bonds is 4. The Bertz CT molecular complexity index is 796. The van der Waals surface area contributed by atoms with Crippen molar-refractivity contribution in [3.8, 4) is 0 Å². The third-order valence-electron chi connectivity index (χ3n) is 4.63. The van der Waals surface area contributed by atoms with Crippen LogP contribution < -0.4 is 0 Å². The molecule has 4 heterocycles. The van der Waals surface area contributed by atoms with Gasteiger partial charge in [-0.15, -0.1) is 11.8 Å². The predicted octanol–water partition coefficient (Wildman–Crippen LogP) is 0.310. The van der Waals surface area contributed by atoms with E-state index in [0.717, 1.165) is 4.90 Å². The van der Waals surface area contributed by atoms with E-state index in [9.17, 15) is 19.5 Å². The second-order valence-corrected chi connectivity index (χ2v) is 7.07. The molecule has 0 radical (unpaired) electrons. The summed E-state index contributed by atoms with van der Waals surface area (Å²) < 4.78 is 5.91. The fourth-order valence-corrected chi connectivity index (χ4v) is 4.39. The second kappa shape index (κ2) is 5.76. The van der Waals surface area contributed by atoms with E-state index in [1.165, 1.54) is 28.5 Å². The number of carboxylic acids is 1. The highest BCUT2D eigenvalue weighted by atomic mass is 32.2. The summed E-state index contributed by atoms with van der Waals surface area (Å²) in [4.78, 5) is 43.5. The van der Waals surface area contributed by atoms with Gasteiger partial charge in [0.2, 0.25) is 5.91 Å². The Morgan fingerprint density at radius 1 is 1.40 bits per heavy atom. The molecule has 1 aromatic heterocycles. The van der Waals surface area contributed by atoms with Crippen LogP contribution in [0.15, 0.2) is 40.9 Å². The maximum absolute atomic E-state index is 12.5. The van der Waals surface area contributed by atoms with E-state index in [-0.39, 0.29) is 35.1 Å². The molecule has 0 bridgehead atoms. The van der Waals surface area contributed by atoms with Crippen LogP contribution in [0, 0.1) is 0 Å². The molecule has 3 atom stereocenters. The number of amides is 2. The number of β-lactam (4-membered cyclic amide) rings is 1. The van der Waals surface area contributed by atoms with Crippen molar-refractivity contribution in [2.24, 2.45) is 0 Å². The van der Waals surface area contributed by atoms with Gasteiger partial charge in [-0.1, -0.05) is 0 Å². The number of carboxylic acid groups (broad SMARTS) is 1. The first-order valence-electron chi connectivity index (χ1n) is 7.75. The first kappa shape index (κ1) is 15.9. The first-order valence-corrected chi connectivity index (χ1v) is 8.74. The molecule has 0 unspecified atom stereocenters. The van der Waals surface area contributed by atoms with Gasteiger partial charge in [0.15, 0.2) is 5.70 Å². The van der Waals surface area contributed by atoms with Gasteiger partial charge in [-0.3, -0.25) is 19.5 Å². The number of carbonyl (C=O) groups excluding carboxylic acids is 2. The molecule has 0 spiro atoms. The van der Waals surface area contributed by atoms with Crippen LogP contribution in [0.1, 0.15) is 6.92 Å². The molecule has 0 aliphatic carbocycles. The molecule has 0 aromatic carbocycles. The van der Waals surface area contributed by atoms with Crippen molar-refractivity contribution in [3.05, 3.63) is 36.0 Å². The molecule has 9 heteroatoms. The summed E-state index contributed by atoms with van der Waals surface area (Å²) in [5.74, 6) is -1.22. The van der Waals surface area contributed by atoms with Gasteiger partial charge in [0, 0.05) is 24.2 Å². The van der Waals surface area contributed by atoms with Gasteiger partial charge in [0.25, 0.3) is 5.91 Å². The second-order valence-electron chi connectivity index (χ2n) is 6.02. The van der Waals surface area contributed by atoms with Gasteiger partial charge in [-0.05, 0) is 12.1 Å². The lowest BCUT2D eigenvalue weighted by atomic mass is 9.91. The monoisotopic (exact) mass is 361 g/mol. The van der Waals surface area contributed by atoms with Crippen LogP contribution in [0.4, 0.5) is 0 Å². The Morgan fingerprint density at radius 2 is 2.12 bits per heavy atom. The standard InChI is InChI=1S/C16H15N3O5S/c1-8(20)18-6-10-12-14(18)15(21)19(12)13(16(22)23)11(24-10)7-25-9-2-4-17-5-3-9/h2-5,10,12,14H,6-7H2,1H3,(H,22,23)/t10-,12-,14+/m1/s1. The Hall–Kier alpha value is -2.55. The van der Waals surface area contributed by atoms with E-state index in [4.69, 9.17) is 4.74 Å². The topological polar surface area (TPSA) is 100 Å². The van der Waals surface area contributed by atoms with Crippen LogP contribution in [0.2, 0.25) is 0 Å². The lowest BCUT2D eigenvalue weighted by molar-refractivity contribution is -0.163. The summed E-state index contributed by atoms with van der Waals surface area (Å²) in [6.07, 6.45) is 2.91. The predicted molar refractivity (Wildman–Crippen MR) is 86.3 cm³/mol. The van der Waals surface area contributed by atoms with Crippen LogP contribution >= 0.6 is 11.8 Å². The molecule has 1 N–H and O–H groups in total. The van der Waals surface area contributed by atoms with Gasteiger partial charge < -0.3 is 14.7 Å². The van der Waals surface area contributed by atoms with Crippen molar-refractivity contribution >= 4 is 29.5 Å². The van der Waals surface area contributed by atoms with Crippen molar-refractivity contribution < 1.29 is 24.2 Å². The number of hydrogen-bond donors (Lipinski definition) is 1. The number of carbonyl (C=O) groups is 3. The number of ether oxygens (including phenoxy) is 1. The molecule has 8 nitrogen and oxygen atoms in total. The van der Waals surface area contributed by atoms with E-state index in [2.05, 4.69) is 4.98 Å². The van der Waals surface area contributed by atoms with E-state index in [1.807, 2.05) is 12.1 Å². The average molecular weight is 361 g/mol. The zero-order valence-electron chi connectivity index (χ0n) is 13.3. The third kappa shape index (κ3) is 2.38. The molecule has 3 aliphatic rings. The highest BCUT2D eigenvalue weighted by Gasteiger charge is 2.65. The van der Waals surface area contributed by atoms with Crippen molar-refractivity contribution in [2.45, 2.75) is 30.0 Å². The van der Waals surface area contributed by atoms with Crippen molar-refractivity contribution in [1.29, 1.82) is 0 Å². The van der Waals surface area contributed by atoms with E-state index >= 15 is 0 Å². The number of likely N-dealkylation sites (tertiary alicyclic amines) is 1. The number of hydrogen-bond acceptors (Lipinski definition) is 6. The molecule has 25 heavy (non-hydrogen) atoms. The van der Waals surface area contributed by atoms with E-state index in [1.54, 1.807) is 12.4 Å². The Balaban J connectivity index is 1.62. The van der Waals surface area contributed by atoms with E-state index in [0.29, 0.717) is 6.54 Å². The quantitative estimate of drug-likeness (QED) is 0.608. The molecule has 1 aromatic rings. The molecule has 2 fully saturated rings. The minimum Gasteiger partial charge on any atom is -0.487 e. The largest absolute Gasteiger partial charge is 0.487 e. The van der Waals surface area contributed by atoms with Gasteiger partial charge in [-0.2, -0.15) is 0 Å². The van der Waals surface area contributed by atoms with Crippen LogP contribution in [0.5, 0.6) is 0 Å². The molecule has 2 saturated heterocycles. The van der Waals surface area contributed by atoms with Crippen LogP contribution in [-0.4, -0.2) is 68.2 Å². The summed E-state index contributed by atoms with van der Waals surface area (Å²) in [6.45, 7) is 1.70. The minimum atomic E-state index is -1.20. The van der Waals surface area contributed by atoms with Crippen molar-refractivity contribution in [3.63, 3.8) is 0 Å². The SMILES string of the molecule is CC(=O)N1C[C@H]2OC(CSc3ccncc3)=C(C(=O)O)N3C(=O)[C@@H]1[C@@H]23. The van der Waals surface area contributed by atoms with Crippen LogP contribution in [0.25, 0.3) is 0 Å². The zero-order valence-corrected chi connectivity index (χ0v) is 14.1. The number of thioether (sulfide) groups is 1. The summed E-state index contributed by atoms with van der Waals surface area (Å²) >= 11 is 1.41. The number of aliphatic carboxylic acids is 1. The minimum absolute atomic E-state index is 0.116. The van der Waals surface area contributed by atoms with E-state index < -0.39 is 18.1 Å². The maximum Gasteiger partial charge on any atom is 0.356 e. The molecule has 0 saturated carbocycles. The van der Waals surface area contributed by atoms with Gasteiger partial charge in [0.1, 0.15) is 23.9 Å². The van der Waals surface area contributed by atoms with Crippen LogP contribution in [-0.2, 0) is 19.1 Å². The van der Waals surface area contributed by atoms with Gasteiger partial charge >= 0.3 is 5.97 Å². The fraction of sp³-hybridized carbons (Fsp3) is 0.375. The molecular weight excluding hydrogens is 346 g/mol. The Kier molecular flexibility index (Phi) is 3.68. The first-order chi connectivity index (χ1) is 12.0. The molecule has 3 aliphatic heterocycles. The highest BCUT2D eigenvalue weighted by Crippen LogP contribution is 2.44. The lowest BCUT2D eigenvalue weighted by Crippen LogP contribution is -2.70. The summed E-state index contributed by atoms with van der Waals surface area (Å²) in [5.41, 5.74) is -0.116. The normalized spacial score (nSPS) is 26.9. The van der Waals surface area contributed by atoms with Crippen LogP contribution in [0.3, 0.4) is 0 Å². The average Bonchev–Trinajstić information content (AvgIpc) is 2.96. The van der Waals surface area contributed by atoms with Crippen molar-refractivity contribution in [1.82, 2.24) is 14.8 Å². The number of nitrogens with zero attached hydrogens (tertiary/aromatic N) is 3. The third-order valence-corrected chi connectivity index (χ3v) is 5.64. The lowest BCUT2D eigenvalue weighted by Gasteiger charge is -2.49. The molecule has 4 rings (SSSR count). The number of pyridine rings is 1. The summed E-state index contributed by atoms with van der Waals surface area (Å²) in [5, 5.41) is 9.58. The smallest absolute Gasteiger partial charge is 0.356 e. The maximum atomic E-state index is 12.5. The molecule has 130 valence electrons. The van der Waals surface area contributed by atoms with Crippen molar-refractivity contribution in [2.75, 3.05) is 12.3 Å².